The molecule has 0 heterocycles. The Labute approximate surface area is 109 Å². The highest BCUT2D eigenvalue weighted by molar-refractivity contribution is 6.30. The van der Waals surface area contributed by atoms with Crippen molar-refractivity contribution in [3.63, 3.8) is 0 Å². The number of rotatable bonds is 6. The summed E-state index contributed by atoms with van der Waals surface area (Å²) in [7, 11) is 1.98. The van der Waals surface area contributed by atoms with E-state index in [2.05, 4.69) is 19.2 Å². The standard InChI is InChI=1S/C14H22ClNO/c1-5-10(2)13(16-4)9-17-14-8-12(15)7-6-11(14)3/h6-8,10,13,16H,5,9H2,1-4H3. The molecule has 1 rings (SSSR count). The molecule has 0 amide bonds. The van der Waals surface area contributed by atoms with E-state index in [1.165, 1.54) is 0 Å². The van der Waals surface area contributed by atoms with E-state index in [0.29, 0.717) is 18.6 Å². The van der Waals surface area contributed by atoms with Gasteiger partial charge >= 0.3 is 0 Å². The summed E-state index contributed by atoms with van der Waals surface area (Å²) >= 11 is 5.96. The quantitative estimate of drug-likeness (QED) is 0.838. The molecule has 0 aromatic heterocycles. The number of nitrogens with one attached hydrogen (secondary N) is 1. The number of hydrogen-bond acceptors (Lipinski definition) is 2. The normalized spacial score (nSPS) is 14.4. The van der Waals surface area contributed by atoms with Gasteiger partial charge < -0.3 is 10.1 Å². The van der Waals surface area contributed by atoms with Crippen LogP contribution in [-0.4, -0.2) is 19.7 Å². The fourth-order valence-electron chi connectivity index (χ4n) is 1.73. The molecule has 17 heavy (non-hydrogen) atoms. The molecule has 0 fully saturated rings. The van der Waals surface area contributed by atoms with Crippen molar-refractivity contribution in [2.24, 2.45) is 5.92 Å². The van der Waals surface area contributed by atoms with Gasteiger partial charge in [-0.1, -0.05) is 37.9 Å². The van der Waals surface area contributed by atoms with E-state index in [1.54, 1.807) is 0 Å². The molecule has 0 aliphatic rings. The number of halogens is 1. The smallest absolute Gasteiger partial charge is 0.123 e. The van der Waals surface area contributed by atoms with Gasteiger partial charge in [-0.2, -0.15) is 0 Å². The van der Waals surface area contributed by atoms with Crippen LogP contribution in [0.15, 0.2) is 18.2 Å². The second-order valence-corrected chi connectivity index (χ2v) is 4.94. The lowest BCUT2D eigenvalue weighted by molar-refractivity contribution is 0.227. The van der Waals surface area contributed by atoms with Crippen molar-refractivity contribution < 1.29 is 4.74 Å². The molecule has 0 aliphatic carbocycles. The maximum Gasteiger partial charge on any atom is 0.123 e. The molecule has 0 spiro atoms. The topological polar surface area (TPSA) is 21.3 Å². The lowest BCUT2D eigenvalue weighted by Gasteiger charge is -2.23. The molecule has 2 unspecified atom stereocenters. The molecular formula is C14H22ClNO. The molecule has 0 saturated heterocycles. The molecular weight excluding hydrogens is 234 g/mol. The van der Waals surface area contributed by atoms with Crippen molar-refractivity contribution in [2.45, 2.75) is 33.2 Å². The second kappa shape index (κ2) is 6.87. The third-order valence-corrected chi connectivity index (χ3v) is 3.51. The summed E-state index contributed by atoms with van der Waals surface area (Å²) in [5.41, 5.74) is 1.12. The molecule has 0 radical (unpaired) electrons. The van der Waals surface area contributed by atoms with Crippen LogP contribution in [0.4, 0.5) is 0 Å². The van der Waals surface area contributed by atoms with Crippen LogP contribution in [0.2, 0.25) is 5.02 Å². The first-order valence-corrected chi connectivity index (χ1v) is 6.52. The van der Waals surface area contributed by atoms with E-state index in [0.717, 1.165) is 22.8 Å². The van der Waals surface area contributed by atoms with Gasteiger partial charge in [0, 0.05) is 11.1 Å². The molecule has 1 aromatic carbocycles. The van der Waals surface area contributed by atoms with Crippen LogP contribution in [0.1, 0.15) is 25.8 Å². The predicted octanol–water partition coefficient (Wildman–Crippen LogP) is 3.66. The third kappa shape index (κ3) is 4.21. The van der Waals surface area contributed by atoms with Gasteiger partial charge in [-0.3, -0.25) is 0 Å². The maximum absolute atomic E-state index is 5.96. The van der Waals surface area contributed by atoms with Crippen molar-refractivity contribution in [3.05, 3.63) is 28.8 Å². The molecule has 3 heteroatoms. The molecule has 2 nitrogen and oxygen atoms in total. The van der Waals surface area contributed by atoms with Gasteiger partial charge in [-0.05, 0) is 37.6 Å². The van der Waals surface area contributed by atoms with Gasteiger partial charge in [-0.25, -0.2) is 0 Å². The Kier molecular flexibility index (Phi) is 5.79. The lowest BCUT2D eigenvalue weighted by Crippen LogP contribution is -2.37. The summed E-state index contributed by atoms with van der Waals surface area (Å²) in [6.07, 6.45) is 1.14. The summed E-state index contributed by atoms with van der Waals surface area (Å²) in [5.74, 6) is 1.47. The van der Waals surface area contributed by atoms with Crippen molar-refractivity contribution >= 4 is 11.6 Å². The van der Waals surface area contributed by atoms with Crippen LogP contribution in [0.25, 0.3) is 0 Å². The van der Waals surface area contributed by atoms with E-state index >= 15 is 0 Å². The van der Waals surface area contributed by atoms with Crippen molar-refractivity contribution in [2.75, 3.05) is 13.7 Å². The lowest BCUT2D eigenvalue weighted by atomic mass is 10.0. The average molecular weight is 256 g/mol. The second-order valence-electron chi connectivity index (χ2n) is 4.50. The summed E-state index contributed by atoms with van der Waals surface area (Å²) in [6, 6.07) is 6.11. The van der Waals surface area contributed by atoms with Crippen LogP contribution in [0.5, 0.6) is 5.75 Å². The fourth-order valence-corrected chi connectivity index (χ4v) is 1.89. The molecule has 2 atom stereocenters. The van der Waals surface area contributed by atoms with Crippen LogP contribution >= 0.6 is 11.6 Å². The van der Waals surface area contributed by atoms with E-state index in [1.807, 2.05) is 32.2 Å². The first kappa shape index (κ1) is 14.3. The van der Waals surface area contributed by atoms with Gasteiger partial charge in [-0.15, -0.1) is 0 Å². The van der Waals surface area contributed by atoms with Crippen LogP contribution < -0.4 is 10.1 Å². The highest BCUT2D eigenvalue weighted by Gasteiger charge is 2.14. The van der Waals surface area contributed by atoms with Gasteiger partial charge in [0.15, 0.2) is 0 Å². The van der Waals surface area contributed by atoms with Crippen LogP contribution in [0.3, 0.4) is 0 Å². The number of ether oxygens (including phenoxy) is 1. The van der Waals surface area contributed by atoms with Crippen molar-refractivity contribution in [1.29, 1.82) is 0 Å². The third-order valence-electron chi connectivity index (χ3n) is 3.27. The largest absolute Gasteiger partial charge is 0.492 e. The van der Waals surface area contributed by atoms with Crippen LogP contribution in [0, 0.1) is 12.8 Å². The SMILES string of the molecule is CCC(C)C(COc1cc(Cl)ccc1C)NC. The van der Waals surface area contributed by atoms with E-state index in [4.69, 9.17) is 16.3 Å². The minimum atomic E-state index is 0.374. The highest BCUT2D eigenvalue weighted by atomic mass is 35.5. The molecule has 1 aromatic rings. The van der Waals surface area contributed by atoms with Gasteiger partial charge in [0.25, 0.3) is 0 Å². The minimum absolute atomic E-state index is 0.374. The zero-order chi connectivity index (χ0) is 12.8. The Morgan fingerprint density at radius 3 is 2.71 bits per heavy atom. The Balaban J connectivity index is 2.62. The molecule has 1 N–H and O–H groups in total. The summed E-state index contributed by atoms with van der Waals surface area (Å²) in [6.45, 7) is 7.13. The zero-order valence-electron chi connectivity index (χ0n) is 11.1. The summed E-state index contributed by atoms with van der Waals surface area (Å²) < 4.78 is 5.85. The average Bonchev–Trinajstić information content (AvgIpc) is 2.33. The minimum Gasteiger partial charge on any atom is -0.492 e. The van der Waals surface area contributed by atoms with E-state index in [9.17, 15) is 0 Å². The molecule has 96 valence electrons. The Morgan fingerprint density at radius 2 is 2.12 bits per heavy atom. The monoisotopic (exact) mass is 255 g/mol. The maximum atomic E-state index is 5.96. The van der Waals surface area contributed by atoms with Gasteiger partial charge in [0.2, 0.25) is 0 Å². The first-order valence-electron chi connectivity index (χ1n) is 6.14. The molecule has 0 bridgehead atoms. The van der Waals surface area contributed by atoms with E-state index in [-0.39, 0.29) is 0 Å². The number of hydrogen-bond donors (Lipinski definition) is 1. The Hall–Kier alpha value is -0.730. The number of aryl methyl sites for hydroxylation is 1. The fraction of sp³-hybridized carbons (Fsp3) is 0.571. The zero-order valence-corrected chi connectivity index (χ0v) is 11.8. The number of benzene rings is 1. The van der Waals surface area contributed by atoms with Crippen molar-refractivity contribution in [1.82, 2.24) is 5.32 Å². The van der Waals surface area contributed by atoms with Gasteiger partial charge in [0.1, 0.15) is 12.4 Å². The first-order chi connectivity index (χ1) is 8.08. The Bertz CT molecular complexity index is 354. The van der Waals surface area contributed by atoms with Crippen molar-refractivity contribution in [3.8, 4) is 5.75 Å². The summed E-state index contributed by atoms with van der Waals surface area (Å²) in [5, 5.41) is 4.02. The molecule has 0 saturated carbocycles. The summed E-state index contributed by atoms with van der Waals surface area (Å²) in [4.78, 5) is 0. The van der Waals surface area contributed by atoms with Gasteiger partial charge in [0.05, 0.1) is 0 Å². The predicted molar refractivity (Wildman–Crippen MR) is 74.0 cm³/mol. The molecule has 0 aliphatic heterocycles. The van der Waals surface area contributed by atoms with E-state index < -0.39 is 0 Å². The number of likely N-dealkylation sites (N-methyl/N-ethyl adjacent to an activating group) is 1. The van der Waals surface area contributed by atoms with Crippen LogP contribution in [-0.2, 0) is 0 Å². The Morgan fingerprint density at radius 1 is 1.41 bits per heavy atom. The highest BCUT2D eigenvalue weighted by Crippen LogP contribution is 2.23.